The third-order valence-electron chi connectivity index (χ3n) is 13.7. The highest BCUT2D eigenvalue weighted by atomic mass is 19.3. The van der Waals surface area contributed by atoms with Crippen LogP contribution in [0.2, 0.25) is 0 Å². The first-order valence-electron chi connectivity index (χ1n) is 23.0. The van der Waals surface area contributed by atoms with Crippen molar-refractivity contribution in [3.63, 3.8) is 0 Å². The Morgan fingerprint density at radius 1 is 0.672 bits per heavy atom. The Balaban J connectivity index is 0.721. The van der Waals surface area contributed by atoms with Crippen LogP contribution in [0.1, 0.15) is 108 Å². The Hall–Kier alpha value is -6.20. The van der Waals surface area contributed by atoms with Gasteiger partial charge < -0.3 is 34.8 Å². The fraction of sp³-hybridized carbons (Fsp3) is 0.545. The lowest BCUT2D eigenvalue weighted by atomic mass is 9.84. The lowest BCUT2D eigenvalue weighted by Gasteiger charge is -2.38. The summed E-state index contributed by atoms with van der Waals surface area (Å²) in [6, 6.07) is 3.72. The van der Waals surface area contributed by atoms with Gasteiger partial charge in [0.15, 0.2) is 22.7 Å². The van der Waals surface area contributed by atoms with Crippen LogP contribution in [0.15, 0.2) is 49.3 Å². The number of hydrogen-bond acceptors (Lipinski definition) is 13. The predicted molar refractivity (Wildman–Crippen MR) is 237 cm³/mol. The first kappa shape index (κ1) is 44.6. The molecule has 67 heavy (non-hydrogen) atoms. The number of carbonyl (C=O) groups is 2. The number of amides is 2. The van der Waals surface area contributed by atoms with Crippen molar-refractivity contribution in [3.05, 3.63) is 71.8 Å². The van der Waals surface area contributed by atoms with Gasteiger partial charge in [0, 0.05) is 63.6 Å². The molecule has 0 atom stereocenters. The molecule has 2 N–H and O–H groups in total. The van der Waals surface area contributed by atoms with Gasteiger partial charge in [-0.3, -0.25) is 19.0 Å². The van der Waals surface area contributed by atoms with Crippen LogP contribution in [0.3, 0.4) is 0 Å². The number of morpholine rings is 2. The summed E-state index contributed by atoms with van der Waals surface area (Å²) in [4.78, 5) is 42.9. The molecule has 10 rings (SSSR count). The highest BCUT2D eigenvalue weighted by Gasteiger charge is 2.32. The van der Waals surface area contributed by atoms with E-state index < -0.39 is 36.1 Å². The van der Waals surface area contributed by atoms with Gasteiger partial charge in [0.05, 0.1) is 62.3 Å². The first-order valence-corrected chi connectivity index (χ1v) is 23.0. The minimum Gasteiger partial charge on any atom is -0.378 e. The quantitative estimate of drug-likeness (QED) is 0.128. The molecule has 19 nitrogen and oxygen atoms in total. The van der Waals surface area contributed by atoms with Crippen molar-refractivity contribution in [3.8, 4) is 0 Å². The standard InChI is InChI=1S/C44H53F4N15O4/c1-57(28-6-8-30(9-7-28)63-26-34(38(56-63)40(47)48)52-44(65)32-23-50-61-13-11-36(54-42(32)61)59-16-20-67-21-17-59)24-27-2-4-29(5-3-27)62-25-33(37(55-62)39(45)46)51-43(64)31-22-49-60-12-10-35(53-41(31)60)58-14-18-66-19-15-58/h10-13,22-23,25-30,39-40H,2-9,14-21,24H2,1H3,(H,51,64)(H,52,65). The van der Waals surface area contributed by atoms with Crippen LogP contribution in [0.4, 0.5) is 40.6 Å². The van der Waals surface area contributed by atoms with Crippen LogP contribution in [0.25, 0.3) is 11.3 Å². The third kappa shape index (κ3) is 9.40. The molecule has 356 valence electrons. The summed E-state index contributed by atoms with van der Waals surface area (Å²) in [7, 11) is 2.12. The molecule has 8 heterocycles. The molecule has 0 aromatic carbocycles. The van der Waals surface area contributed by atoms with E-state index in [1.165, 1.54) is 33.8 Å². The SMILES string of the molecule is CN(CC1CCC(n2cc(NC(=O)c3cnn4ccc(N5CCOCC5)nc34)c(C(F)F)n2)CC1)C1CCC(n2cc(NC(=O)c3cnn4ccc(N5CCOCC5)nc34)c(C(F)F)n2)CC1. The van der Waals surface area contributed by atoms with E-state index in [4.69, 9.17) is 9.47 Å². The molecule has 0 radical (unpaired) electrons. The molecule has 23 heteroatoms. The first-order chi connectivity index (χ1) is 32.6. The number of fused-ring (bicyclic) bond motifs is 2. The number of alkyl halides is 4. The summed E-state index contributed by atoms with van der Waals surface area (Å²) in [6.45, 7) is 5.79. The Labute approximate surface area is 382 Å². The van der Waals surface area contributed by atoms with Crippen LogP contribution < -0.4 is 20.4 Å². The molecule has 4 aliphatic rings. The van der Waals surface area contributed by atoms with E-state index in [1.54, 1.807) is 21.8 Å². The second kappa shape index (κ2) is 19.2. The van der Waals surface area contributed by atoms with E-state index in [9.17, 15) is 27.2 Å². The zero-order valence-electron chi connectivity index (χ0n) is 37.1. The summed E-state index contributed by atoms with van der Waals surface area (Å²) in [6.07, 6.45) is 9.85. The average molecular weight is 932 g/mol. The zero-order valence-corrected chi connectivity index (χ0v) is 37.1. The second-order valence-corrected chi connectivity index (χ2v) is 17.8. The van der Waals surface area contributed by atoms with Gasteiger partial charge in [0.2, 0.25) is 0 Å². The molecule has 2 aliphatic heterocycles. The molecule has 0 unspecified atom stereocenters. The third-order valence-corrected chi connectivity index (χ3v) is 13.7. The summed E-state index contributed by atoms with van der Waals surface area (Å²) in [5.41, 5.74) is -0.0854. The van der Waals surface area contributed by atoms with Gasteiger partial charge in [0.1, 0.15) is 22.8 Å². The number of carbonyl (C=O) groups excluding carboxylic acids is 2. The van der Waals surface area contributed by atoms with E-state index >= 15 is 0 Å². The second-order valence-electron chi connectivity index (χ2n) is 17.8. The number of halogens is 4. The van der Waals surface area contributed by atoms with E-state index in [0.717, 1.165) is 57.9 Å². The highest BCUT2D eigenvalue weighted by Crippen LogP contribution is 2.38. The van der Waals surface area contributed by atoms with E-state index in [2.05, 4.69) is 62.7 Å². The van der Waals surface area contributed by atoms with Crippen molar-refractivity contribution >= 4 is 46.1 Å². The van der Waals surface area contributed by atoms with Crippen LogP contribution in [-0.2, 0) is 9.47 Å². The van der Waals surface area contributed by atoms with Gasteiger partial charge in [-0.25, -0.2) is 36.6 Å². The molecular weight excluding hydrogens is 879 g/mol. The molecule has 2 saturated heterocycles. The molecule has 0 spiro atoms. The summed E-state index contributed by atoms with van der Waals surface area (Å²) < 4.78 is 74.3. The lowest BCUT2D eigenvalue weighted by Crippen LogP contribution is -2.39. The number of ether oxygens (including phenoxy) is 2. The fourth-order valence-corrected chi connectivity index (χ4v) is 9.97. The molecule has 0 bridgehead atoms. The number of hydrogen-bond donors (Lipinski definition) is 2. The van der Waals surface area contributed by atoms with Crippen molar-refractivity contribution in [2.24, 2.45) is 5.92 Å². The summed E-state index contributed by atoms with van der Waals surface area (Å²) in [5, 5.41) is 22.4. The molecule has 2 aliphatic carbocycles. The smallest absolute Gasteiger partial charge is 0.284 e. The number of nitrogens with zero attached hydrogens (tertiary/aromatic N) is 13. The minimum absolute atomic E-state index is 0.0399. The van der Waals surface area contributed by atoms with Crippen LogP contribution >= 0.6 is 0 Å². The average Bonchev–Trinajstić information content (AvgIpc) is 4.17. The Kier molecular flexibility index (Phi) is 12.8. The predicted octanol–water partition coefficient (Wildman–Crippen LogP) is 6.07. The van der Waals surface area contributed by atoms with Crippen molar-refractivity contribution in [2.45, 2.75) is 82.3 Å². The normalized spacial score (nSPS) is 21.9. The number of aromatic nitrogens is 10. The lowest BCUT2D eigenvalue weighted by molar-refractivity contribution is 0.101. The molecule has 2 amide bonds. The maximum Gasteiger partial charge on any atom is 0.284 e. The van der Waals surface area contributed by atoms with Crippen LogP contribution in [0, 0.1) is 5.92 Å². The summed E-state index contributed by atoms with van der Waals surface area (Å²) >= 11 is 0. The topological polar surface area (TPSA) is 182 Å². The molecule has 6 aromatic heterocycles. The van der Waals surface area contributed by atoms with E-state index in [-0.39, 0.29) is 34.6 Å². The van der Waals surface area contributed by atoms with Crippen molar-refractivity contribution in [2.75, 3.05) is 86.6 Å². The van der Waals surface area contributed by atoms with Crippen LogP contribution in [-0.4, -0.2) is 138 Å². The van der Waals surface area contributed by atoms with E-state index in [1.807, 2.05) is 12.1 Å². The highest BCUT2D eigenvalue weighted by molar-refractivity contribution is 6.09. The maximum absolute atomic E-state index is 14.3. The Morgan fingerprint density at radius 2 is 1.10 bits per heavy atom. The number of anilines is 4. The van der Waals surface area contributed by atoms with Crippen molar-refractivity contribution < 1.29 is 36.6 Å². The van der Waals surface area contributed by atoms with Crippen molar-refractivity contribution in [1.82, 2.24) is 53.7 Å². The monoisotopic (exact) mass is 931 g/mol. The zero-order chi connectivity index (χ0) is 46.2. The summed E-state index contributed by atoms with van der Waals surface area (Å²) in [5.74, 6) is 0.549. The van der Waals surface area contributed by atoms with Gasteiger partial charge >= 0.3 is 0 Å². The number of nitrogens with one attached hydrogen (secondary N) is 2. The molecular formula is C44H53F4N15O4. The van der Waals surface area contributed by atoms with Crippen molar-refractivity contribution in [1.29, 1.82) is 0 Å². The number of rotatable bonds is 13. The van der Waals surface area contributed by atoms with Gasteiger partial charge in [-0.2, -0.15) is 20.4 Å². The van der Waals surface area contributed by atoms with Gasteiger partial charge in [-0.1, -0.05) is 0 Å². The van der Waals surface area contributed by atoms with Gasteiger partial charge in [-0.05, 0) is 76.5 Å². The largest absolute Gasteiger partial charge is 0.378 e. The Bertz CT molecular complexity index is 2690. The minimum atomic E-state index is -2.89. The fourth-order valence-electron chi connectivity index (χ4n) is 9.97. The van der Waals surface area contributed by atoms with Gasteiger partial charge in [-0.15, -0.1) is 0 Å². The Morgan fingerprint density at radius 3 is 1.54 bits per heavy atom. The molecule has 2 saturated carbocycles. The van der Waals surface area contributed by atoms with Gasteiger partial charge in [0.25, 0.3) is 24.7 Å². The maximum atomic E-state index is 14.3. The van der Waals surface area contributed by atoms with E-state index in [0.29, 0.717) is 87.5 Å². The molecule has 6 aromatic rings. The molecule has 4 fully saturated rings. The van der Waals surface area contributed by atoms with Crippen LogP contribution in [0.5, 0.6) is 0 Å².